The Labute approximate surface area is 141 Å². The first-order chi connectivity index (χ1) is 11.4. The average molecular weight is 332 g/mol. The third kappa shape index (κ3) is 4.31. The van der Waals surface area contributed by atoms with E-state index < -0.39 is 0 Å². The smallest absolute Gasteiger partial charge is 0.194 e. The minimum absolute atomic E-state index is 0.753. The molecule has 1 aliphatic heterocycles. The van der Waals surface area contributed by atoms with E-state index >= 15 is 0 Å². The minimum Gasteiger partial charge on any atom is -0.354 e. The number of aryl methyl sites for hydroxylation is 1. The number of aromatic nitrogens is 3. The lowest BCUT2D eigenvalue weighted by atomic mass is 10.4. The van der Waals surface area contributed by atoms with E-state index in [-0.39, 0.29) is 0 Å². The lowest BCUT2D eigenvalue weighted by Crippen LogP contribution is -2.41. The van der Waals surface area contributed by atoms with Crippen molar-refractivity contribution in [3.05, 3.63) is 34.5 Å². The summed E-state index contributed by atoms with van der Waals surface area (Å²) < 4.78 is 2.11. The molecule has 0 aromatic carbocycles. The van der Waals surface area contributed by atoms with E-state index in [2.05, 4.69) is 49.4 Å². The third-order valence-corrected chi connectivity index (χ3v) is 4.88. The van der Waals surface area contributed by atoms with Gasteiger partial charge in [0.15, 0.2) is 5.96 Å². The summed E-state index contributed by atoms with van der Waals surface area (Å²) in [5.41, 5.74) is 0. The Kier molecular flexibility index (Phi) is 5.63. The van der Waals surface area contributed by atoms with Crippen LogP contribution in [0.5, 0.6) is 0 Å². The molecule has 0 radical (unpaired) electrons. The van der Waals surface area contributed by atoms with E-state index in [1.807, 2.05) is 0 Å². The molecule has 3 rings (SSSR count). The largest absolute Gasteiger partial charge is 0.354 e. The normalized spacial score (nSPS) is 15.3. The van der Waals surface area contributed by atoms with Crippen molar-refractivity contribution in [3.63, 3.8) is 0 Å². The summed E-state index contributed by atoms with van der Waals surface area (Å²) in [4.78, 5) is 8.47. The Hall–Kier alpha value is -1.89. The summed E-state index contributed by atoms with van der Waals surface area (Å²) >= 11 is 1.76. The third-order valence-electron chi connectivity index (χ3n) is 4.02. The quantitative estimate of drug-likeness (QED) is 0.650. The van der Waals surface area contributed by atoms with Gasteiger partial charge in [-0.05, 0) is 24.3 Å². The number of likely N-dealkylation sites (tertiary alicyclic amines) is 1. The number of hydrogen-bond donors (Lipinski definition) is 1. The molecule has 0 unspecified atom stereocenters. The molecular formula is C16H24N6S. The first-order valence-corrected chi connectivity index (χ1v) is 9.17. The van der Waals surface area contributed by atoms with Gasteiger partial charge in [0.1, 0.15) is 12.2 Å². The monoisotopic (exact) mass is 332 g/mol. The van der Waals surface area contributed by atoms with E-state index in [0.29, 0.717) is 0 Å². The molecule has 1 aliphatic rings. The number of hydrogen-bond acceptors (Lipinski definition) is 4. The zero-order valence-corrected chi connectivity index (χ0v) is 14.4. The molecular weight excluding hydrogens is 308 g/mol. The van der Waals surface area contributed by atoms with Gasteiger partial charge in [0.25, 0.3) is 0 Å². The summed E-state index contributed by atoms with van der Waals surface area (Å²) in [7, 11) is 0. The molecule has 3 heterocycles. The minimum atomic E-state index is 0.753. The second kappa shape index (κ2) is 8.10. The van der Waals surface area contributed by atoms with Crippen LogP contribution >= 0.6 is 11.3 Å². The summed E-state index contributed by atoms with van der Waals surface area (Å²) in [5, 5.41) is 13.7. The highest BCUT2D eigenvalue weighted by Gasteiger charge is 2.16. The summed E-state index contributed by atoms with van der Waals surface area (Å²) in [6.45, 7) is 6.76. The van der Waals surface area contributed by atoms with Crippen molar-refractivity contribution < 1.29 is 0 Å². The molecule has 0 bridgehead atoms. The van der Waals surface area contributed by atoms with Crippen molar-refractivity contribution in [3.8, 4) is 0 Å². The van der Waals surface area contributed by atoms with Crippen LogP contribution in [0.2, 0.25) is 0 Å². The molecule has 0 spiro atoms. The molecule has 7 heteroatoms. The van der Waals surface area contributed by atoms with E-state index in [4.69, 9.17) is 4.99 Å². The number of nitrogens with one attached hydrogen (secondary N) is 1. The van der Waals surface area contributed by atoms with Gasteiger partial charge in [0.05, 0.1) is 6.54 Å². The molecule has 2 aromatic heterocycles. The molecule has 0 amide bonds. The van der Waals surface area contributed by atoms with Gasteiger partial charge in [-0.1, -0.05) is 13.0 Å². The van der Waals surface area contributed by atoms with Crippen molar-refractivity contribution in [2.45, 2.75) is 39.3 Å². The van der Waals surface area contributed by atoms with Crippen molar-refractivity contribution in [1.82, 2.24) is 25.0 Å². The van der Waals surface area contributed by atoms with E-state index in [1.54, 1.807) is 17.7 Å². The number of guanidine groups is 1. The van der Waals surface area contributed by atoms with Gasteiger partial charge in [0.2, 0.25) is 0 Å². The molecule has 124 valence electrons. The maximum Gasteiger partial charge on any atom is 0.194 e. The Bertz CT molecular complexity index is 612. The molecule has 0 saturated carbocycles. The topological polar surface area (TPSA) is 58.3 Å². The van der Waals surface area contributed by atoms with Crippen LogP contribution in [0, 0.1) is 0 Å². The van der Waals surface area contributed by atoms with Crippen LogP contribution in [0.15, 0.2) is 28.8 Å². The summed E-state index contributed by atoms with van der Waals surface area (Å²) in [5.74, 6) is 2.06. The van der Waals surface area contributed by atoms with E-state index in [1.165, 1.54) is 17.7 Å². The van der Waals surface area contributed by atoms with Gasteiger partial charge in [-0.2, -0.15) is 0 Å². The Morgan fingerprint density at radius 2 is 2.26 bits per heavy atom. The zero-order chi connectivity index (χ0) is 15.9. The fourth-order valence-electron chi connectivity index (χ4n) is 2.78. The van der Waals surface area contributed by atoms with Crippen LogP contribution in [0.3, 0.4) is 0 Å². The van der Waals surface area contributed by atoms with Crippen LogP contribution < -0.4 is 5.32 Å². The predicted octanol–water partition coefficient (Wildman–Crippen LogP) is 2.14. The molecule has 1 N–H and O–H groups in total. The summed E-state index contributed by atoms with van der Waals surface area (Å²) in [6, 6.07) is 4.22. The number of rotatable bonds is 6. The van der Waals surface area contributed by atoms with Crippen LogP contribution in [-0.2, 0) is 19.5 Å². The highest BCUT2D eigenvalue weighted by atomic mass is 32.1. The van der Waals surface area contributed by atoms with E-state index in [9.17, 15) is 0 Å². The Morgan fingerprint density at radius 3 is 3.00 bits per heavy atom. The highest BCUT2D eigenvalue weighted by Crippen LogP contribution is 2.12. The van der Waals surface area contributed by atoms with Gasteiger partial charge in [-0.15, -0.1) is 21.5 Å². The number of nitrogens with zero attached hydrogens (tertiary/aromatic N) is 5. The van der Waals surface area contributed by atoms with Gasteiger partial charge in [-0.3, -0.25) is 0 Å². The lowest BCUT2D eigenvalue weighted by molar-refractivity contribution is 0.486. The standard InChI is InChI=1S/C16H24N6S/c1-2-15-20-19-13-22(15)10-7-17-16(21-8-3-4-9-21)18-12-14-6-5-11-23-14/h5-6,11,13H,2-4,7-10,12H2,1H3,(H,17,18). The molecule has 1 fully saturated rings. The average Bonchev–Trinajstić information content (AvgIpc) is 3.33. The second-order valence-electron chi connectivity index (χ2n) is 5.63. The fraction of sp³-hybridized carbons (Fsp3) is 0.562. The van der Waals surface area contributed by atoms with Crippen LogP contribution in [0.4, 0.5) is 0 Å². The maximum atomic E-state index is 4.81. The molecule has 23 heavy (non-hydrogen) atoms. The summed E-state index contributed by atoms with van der Waals surface area (Å²) in [6.07, 6.45) is 5.22. The van der Waals surface area contributed by atoms with Crippen molar-refractivity contribution in [1.29, 1.82) is 0 Å². The van der Waals surface area contributed by atoms with Crippen LogP contribution in [0.25, 0.3) is 0 Å². The fourth-order valence-corrected chi connectivity index (χ4v) is 3.41. The van der Waals surface area contributed by atoms with E-state index in [0.717, 1.165) is 50.9 Å². The molecule has 0 aliphatic carbocycles. The Balaban J connectivity index is 1.58. The van der Waals surface area contributed by atoms with Crippen molar-refractivity contribution in [2.24, 2.45) is 4.99 Å². The second-order valence-corrected chi connectivity index (χ2v) is 6.67. The molecule has 2 aromatic rings. The number of thiophene rings is 1. The SMILES string of the molecule is CCc1nncn1CCNC(=NCc1cccs1)N1CCCC1. The Morgan fingerprint density at radius 1 is 1.39 bits per heavy atom. The van der Waals surface area contributed by atoms with Crippen LogP contribution in [0.1, 0.15) is 30.5 Å². The van der Waals surface area contributed by atoms with Gasteiger partial charge in [0, 0.05) is 37.5 Å². The molecule has 1 saturated heterocycles. The van der Waals surface area contributed by atoms with Gasteiger partial charge < -0.3 is 14.8 Å². The maximum absolute atomic E-state index is 4.81. The molecule has 0 atom stereocenters. The predicted molar refractivity (Wildman–Crippen MR) is 93.7 cm³/mol. The van der Waals surface area contributed by atoms with Gasteiger partial charge in [-0.25, -0.2) is 4.99 Å². The first kappa shape index (κ1) is 16.0. The number of aliphatic imine (C=N–C) groups is 1. The zero-order valence-electron chi connectivity index (χ0n) is 13.6. The molecule has 6 nitrogen and oxygen atoms in total. The van der Waals surface area contributed by atoms with Gasteiger partial charge >= 0.3 is 0 Å². The first-order valence-electron chi connectivity index (χ1n) is 8.29. The van der Waals surface area contributed by atoms with Crippen molar-refractivity contribution >= 4 is 17.3 Å². The van der Waals surface area contributed by atoms with Crippen LogP contribution in [-0.4, -0.2) is 45.3 Å². The highest BCUT2D eigenvalue weighted by molar-refractivity contribution is 7.09. The lowest BCUT2D eigenvalue weighted by Gasteiger charge is -2.21. The van der Waals surface area contributed by atoms with Crippen molar-refractivity contribution in [2.75, 3.05) is 19.6 Å².